The summed E-state index contributed by atoms with van der Waals surface area (Å²) >= 11 is 6.09. The minimum Gasteiger partial charge on any atom is -0.469 e. The van der Waals surface area contributed by atoms with Crippen LogP contribution >= 0.6 is 11.6 Å². The molecule has 5 heteroatoms. The van der Waals surface area contributed by atoms with Crippen molar-refractivity contribution in [1.82, 2.24) is 4.90 Å². The van der Waals surface area contributed by atoms with E-state index in [0.717, 1.165) is 49.4 Å². The first-order valence-corrected chi connectivity index (χ1v) is 11.4. The third kappa shape index (κ3) is 4.50. The van der Waals surface area contributed by atoms with E-state index in [9.17, 15) is 4.79 Å². The zero-order valence-electron chi connectivity index (χ0n) is 17.6. The van der Waals surface area contributed by atoms with Gasteiger partial charge in [-0.15, -0.1) is 0 Å². The number of unbranched alkanes of at least 4 members (excludes halogenated alkanes) is 1. The SMILES string of the molecule is COC(=O)[C@H]1[C@@H](c2ccc(Cl)cc2)C[C@@H]2CC[C@H]1N2CCCCc1ccc(N)cc1. The molecule has 2 aliphatic rings. The van der Waals surface area contributed by atoms with Gasteiger partial charge in [0.1, 0.15) is 0 Å². The van der Waals surface area contributed by atoms with Crippen molar-refractivity contribution in [2.75, 3.05) is 19.4 Å². The lowest BCUT2D eigenvalue weighted by molar-refractivity contribution is -0.150. The lowest BCUT2D eigenvalue weighted by atomic mass is 9.76. The average Bonchev–Trinajstić information content (AvgIpc) is 3.03. The van der Waals surface area contributed by atoms with E-state index in [1.165, 1.54) is 24.7 Å². The van der Waals surface area contributed by atoms with E-state index >= 15 is 0 Å². The van der Waals surface area contributed by atoms with Crippen LogP contribution in [0, 0.1) is 5.92 Å². The molecule has 4 nitrogen and oxygen atoms in total. The summed E-state index contributed by atoms with van der Waals surface area (Å²) in [7, 11) is 1.51. The van der Waals surface area contributed by atoms with Gasteiger partial charge in [-0.3, -0.25) is 9.69 Å². The van der Waals surface area contributed by atoms with Gasteiger partial charge < -0.3 is 10.5 Å². The standard InChI is InChI=1S/C25H31ClN2O2/c1-30-25(29)24-22(18-7-9-19(26)10-8-18)16-21-13-14-23(24)28(21)15-3-2-4-17-5-11-20(27)12-6-17/h5-12,21-24H,2-4,13-16,27H2,1H3/t21-,22+,23+,24-/m0/s1. The number of hydrogen-bond donors (Lipinski definition) is 1. The summed E-state index contributed by atoms with van der Waals surface area (Å²) in [5, 5.41) is 0.731. The van der Waals surface area contributed by atoms with E-state index in [4.69, 9.17) is 22.1 Å². The molecule has 2 heterocycles. The summed E-state index contributed by atoms with van der Waals surface area (Å²) in [4.78, 5) is 15.4. The number of halogens is 1. The molecular weight excluding hydrogens is 396 g/mol. The van der Waals surface area contributed by atoms with E-state index in [1.807, 2.05) is 24.3 Å². The third-order valence-electron chi connectivity index (χ3n) is 6.95. The van der Waals surface area contributed by atoms with Crippen molar-refractivity contribution in [1.29, 1.82) is 0 Å². The predicted molar refractivity (Wildman–Crippen MR) is 122 cm³/mol. The number of fused-ring (bicyclic) bond motifs is 2. The predicted octanol–water partition coefficient (Wildman–Crippen LogP) is 5.05. The molecule has 2 saturated heterocycles. The Balaban J connectivity index is 1.41. The lowest BCUT2D eigenvalue weighted by Crippen LogP contribution is -2.51. The van der Waals surface area contributed by atoms with Gasteiger partial charge in [-0.1, -0.05) is 35.9 Å². The largest absolute Gasteiger partial charge is 0.469 e. The van der Waals surface area contributed by atoms with Crippen molar-refractivity contribution in [3.8, 4) is 0 Å². The summed E-state index contributed by atoms with van der Waals surface area (Å²) in [6, 6.07) is 17.0. The lowest BCUT2D eigenvalue weighted by Gasteiger charge is -2.43. The van der Waals surface area contributed by atoms with E-state index in [-0.39, 0.29) is 23.8 Å². The molecule has 30 heavy (non-hydrogen) atoms. The second-order valence-electron chi connectivity index (χ2n) is 8.68. The summed E-state index contributed by atoms with van der Waals surface area (Å²) in [5.74, 6) is 0.0254. The van der Waals surface area contributed by atoms with Crippen LogP contribution in [0.5, 0.6) is 0 Å². The number of rotatable bonds is 7. The number of carbonyl (C=O) groups excluding carboxylic acids is 1. The first kappa shape index (κ1) is 21.2. The molecule has 2 aliphatic heterocycles. The number of aryl methyl sites for hydroxylation is 1. The Hall–Kier alpha value is -2.04. The monoisotopic (exact) mass is 426 g/mol. The van der Waals surface area contributed by atoms with Crippen LogP contribution in [-0.2, 0) is 16.0 Å². The van der Waals surface area contributed by atoms with Crippen LogP contribution < -0.4 is 5.73 Å². The van der Waals surface area contributed by atoms with Crippen LogP contribution in [-0.4, -0.2) is 36.6 Å². The van der Waals surface area contributed by atoms with Crippen LogP contribution in [0.25, 0.3) is 0 Å². The maximum Gasteiger partial charge on any atom is 0.310 e. The Morgan fingerprint density at radius 3 is 2.53 bits per heavy atom. The van der Waals surface area contributed by atoms with Crippen molar-refractivity contribution < 1.29 is 9.53 Å². The molecule has 0 amide bonds. The fourth-order valence-electron chi connectivity index (χ4n) is 5.48. The Morgan fingerprint density at radius 2 is 1.83 bits per heavy atom. The van der Waals surface area contributed by atoms with E-state index in [1.54, 1.807) is 0 Å². The molecule has 160 valence electrons. The highest BCUT2D eigenvalue weighted by Gasteiger charge is 2.50. The summed E-state index contributed by atoms with van der Waals surface area (Å²) in [6.45, 7) is 1.05. The molecule has 0 unspecified atom stereocenters. The number of ether oxygens (including phenoxy) is 1. The second-order valence-corrected chi connectivity index (χ2v) is 9.11. The number of benzene rings is 2. The van der Waals surface area contributed by atoms with Crippen LogP contribution in [0.15, 0.2) is 48.5 Å². The molecule has 4 rings (SSSR count). The van der Waals surface area contributed by atoms with Crippen molar-refractivity contribution >= 4 is 23.3 Å². The number of hydrogen-bond acceptors (Lipinski definition) is 4. The number of nitrogens with zero attached hydrogens (tertiary/aromatic N) is 1. The molecule has 2 N–H and O–H groups in total. The topological polar surface area (TPSA) is 55.6 Å². The quantitative estimate of drug-likeness (QED) is 0.382. The first-order chi connectivity index (χ1) is 14.6. The molecule has 0 saturated carbocycles. The van der Waals surface area contributed by atoms with Crippen LogP contribution in [0.4, 0.5) is 5.69 Å². The second kappa shape index (κ2) is 9.40. The Morgan fingerprint density at radius 1 is 1.10 bits per heavy atom. The van der Waals surface area contributed by atoms with Gasteiger partial charge in [-0.25, -0.2) is 0 Å². The van der Waals surface area contributed by atoms with Crippen LogP contribution in [0.3, 0.4) is 0 Å². The fraction of sp³-hybridized carbons (Fsp3) is 0.480. The van der Waals surface area contributed by atoms with Crippen molar-refractivity contribution in [3.05, 3.63) is 64.7 Å². The molecule has 0 aromatic heterocycles. The Kier molecular flexibility index (Phi) is 6.64. The molecule has 2 aromatic carbocycles. The minimum absolute atomic E-state index is 0.0767. The van der Waals surface area contributed by atoms with Crippen molar-refractivity contribution in [2.45, 2.75) is 56.5 Å². The number of esters is 1. The summed E-state index contributed by atoms with van der Waals surface area (Å²) in [5.41, 5.74) is 9.13. The molecule has 0 aliphatic carbocycles. The number of nitrogen functional groups attached to an aromatic ring is 1. The average molecular weight is 427 g/mol. The third-order valence-corrected chi connectivity index (χ3v) is 7.20. The highest BCUT2D eigenvalue weighted by molar-refractivity contribution is 6.30. The molecule has 0 radical (unpaired) electrons. The Labute approximate surface area is 184 Å². The zero-order chi connectivity index (χ0) is 21.1. The van der Waals surface area contributed by atoms with Gasteiger partial charge >= 0.3 is 5.97 Å². The molecule has 2 fully saturated rings. The maximum absolute atomic E-state index is 12.8. The number of piperidine rings is 1. The molecule has 4 atom stereocenters. The van der Waals surface area contributed by atoms with Gasteiger partial charge in [-0.2, -0.15) is 0 Å². The molecule has 0 spiro atoms. The number of methoxy groups -OCH3 is 1. The fourth-order valence-corrected chi connectivity index (χ4v) is 5.61. The summed E-state index contributed by atoms with van der Waals surface area (Å²) in [6.07, 6.45) is 6.60. The minimum atomic E-state index is -0.105. The zero-order valence-corrected chi connectivity index (χ0v) is 18.4. The number of carbonyl (C=O) groups is 1. The number of anilines is 1. The summed E-state index contributed by atoms with van der Waals surface area (Å²) < 4.78 is 5.26. The van der Waals surface area contributed by atoms with Crippen LogP contribution in [0.1, 0.15) is 49.1 Å². The normalized spacial score (nSPS) is 25.9. The van der Waals surface area contributed by atoms with E-state index in [0.29, 0.717) is 6.04 Å². The smallest absolute Gasteiger partial charge is 0.310 e. The van der Waals surface area contributed by atoms with Gasteiger partial charge in [0.25, 0.3) is 0 Å². The molecular formula is C25H31ClN2O2. The Bertz CT molecular complexity index is 852. The molecule has 2 aromatic rings. The van der Waals surface area contributed by atoms with E-state index < -0.39 is 0 Å². The highest BCUT2D eigenvalue weighted by Crippen LogP contribution is 2.47. The van der Waals surface area contributed by atoms with Gasteiger partial charge in [-0.05, 0) is 80.5 Å². The van der Waals surface area contributed by atoms with Crippen LogP contribution in [0.2, 0.25) is 5.02 Å². The van der Waals surface area contributed by atoms with Gasteiger partial charge in [0.15, 0.2) is 0 Å². The van der Waals surface area contributed by atoms with E-state index in [2.05, 4.69) is 29.2 Å². The molecule has 2 bridgehead atoms. The van der Waals surface area contributed by atoms with Gasteiger partial charge in [0, 0.05) is 28.7 Å². The first-order valence-electron chi connectivity index (χ1n) is 11.0. The van der Waals surface area contributed by atoms with Gasteiger partial charge in [0.05, 0.1) is 13.0 Å². The van der Waals surface area contributed by atoms with Gasteiger partial charge in [0.2, 0.25) is 0 Å². The highest BCUT2D eigenvalue weighted by atomic mass is 35.5. The van der Waals surface area contributed by atoms with Crippen molar-refractivity contribution in [2.24, 2.45) is 5.92 Å². The van der Waals surface area contributed by atoms with Crippen molar-refractivity contribution in [3.63, 3.8) is 0 Å². The maximum atomic E-state index is 12.8. The number of nitrogens with two attached hydrogens (primary N) is 1.